The molecule has 1 aromatic rings. The fraction of sp³-hybridized carbons (Fsp3) is 0.250. The standard InChI is InChI=1S/C4H4BF3N3O2.K/c6-5(7,8)3-10-2-4(1-9-10)11(12)13;/h1-2H,3H2;/q-1;+1. The van der Waals surface area contributed by atoms with Crippen molar-refractivity contribution in [1.82, 2.24) is 9.78 Å². The van der Waals surface area contributed by atoms with Gasteiger partial charge in [0.05, 0.1) is 11.1 Å². The first-order valence-corrected chi connectivity index (χ1v) is 3.26. The number of halogens is 3. The first-order valence-electron chi connectivity index (χ1n) is 3.26. The van der Waals surface area contributed by atoms with Crippen LogP contribution in [0.3, 0.4) is 0 Å². The summed E-state index contributed by atoms with van der Waals surface area (Å²) in [7, 11) is 0. The second-order valence-corrected chi connectivity index (χ2v) is 2.39. The molecular weight excluding hydrogens is 229 g/mol. The van der Waals surface area contributed by atoms with Gasteiger partial charge in [-0.3, -0.25) is 14.8 Å². The van der Waals surface area contributed by atoms with Gasteiger partial charge in [0.25, 0.3) is 0 Å². The fourth-order valence-electron chi connectivity index (χ4n) is 0.759. The van der Waals surface area contributed by atoms with Gasteiger partial charge in [-0.25, -0.2) is 0 Å². The van der Waals surface area contributed by atoms with Gasteiger partial charge in [0.15, 0.2) is 0 Å². The van der Waals surface area contributed by atoms with E-state index in [1.807, 2.05) is 0 Å². The van der Waals surface area contributed by atoms with Crippen molar-refractivity contribution in [2.45, 2.75) is 6.44 Å². The number of aromatic nitrogens is 2. The van der Waals surface area contributed by atoms with Crippen LogP contribution in [0.2, 0.25) is 0 Å². The quantitative estimate of drug-likeness (QED) is 0.351. The van der Waals surface area contributed by atoms with Crippen LogP contribution in [0.5, 0.6) is 0 Å². The molecule has 0 saturated heterocycles. The van der Waals surface area contributed by atoms with E-state index in [-0.39, 0.29) is 51.4 Å². The van der Waals surface area contributed by atoms with Crippen molar-refractivity contribution in [3.63, 3.8) is 0 Å². The summed E-state index contributed by atoms with van der Waals surface area (Å²) in [4.78, 5) is 9.26. The Hall–Kier alpha value is 0.101. The summed E-state index contributed by atoms with van der Waals surface area (Å²) >= 11 is 0. The molecule has 0 aliphatic heterocycles. The number of hydrogen-bond acceptors (Lipinski definition) is 3. The molecule has 0 aromatic carbocycles. The molecule has 5 nitrogen and oxygen atoms in total. The van der Waals surface area contributed by atoms with Crippen LogP contribution in [-0.2, 0) is 6.44 Å². The van der Waals surface area contributed by atoms with Crippen molar-refractivity contribution >= 4 is 12.7 Å². The molecule has 1 rings (SSSR count). The van der Waals surface area contributed by atoms with Crippen LogP contribution in [0.4, 0.5) is 18.6 Å². The van der Waals surface area contributed by atoms with Gasteiger partial charge in [-0.1, -0.05) is 0 Å². The average molecular weight is 233 g/mol. The Bertz CT molecular complexity index is 328. The van der Waals surface area contributed by atoms with Gasteiger partial charge in [0.2, 0.25) is 0 Å². The predicted octanol–water partition coefficient (Wildman–Crippen LogP) is -1.82. The zero-order valence-electron chi connectivity index (χ0n) is 7.23. The van der Waals surface area contributed by atoms with Crippen LogP contribution in [0.15, 0.2) is 12.4 Å². The van der Waals surface area contributed by atoms with Gasteiger partial charge in [0, 0.05) is 6.44 Å². The normalized spacial score (nSPS) is 10.8. The van der Waals surface area contributed by atoms with E-state index in [0.717, 1.165) is 12.4 Å². The summed E-state index contributed by atoms with van der Waals surface area (Å²) in [6.07, 6.45) is 0.269. The Morgan fingerprint density at radius 3 is 2.50 bits per heavy atom. The number of hydrogen-bond donors (Lipinski definition) is 0. The Labute approximate surface area is 119 Å². The fourth-order valence-corrected chi connectivity index (χ4v) is 0.759. The minimum atomic E-state index is -5.01. The molecule has 14 heavy (non-hydrogen) atoms. The van der Waals surface area contributed by atoms with Crippen molar-refractivity contribution in [3.8, 4) is 0 Å². The SMILES string of the molecule is O=[N+]([O-])c1cnn(C[B-](F)(F)F)c1.[K+]. The molecule has 0 spiro atoms. The molecule has 72 valence electrons. The van der Waals surface area contributed by atoms with Gasteiger partial charge in [-0.15, -0.1) is 0 Å². The van der Waals surface area contributed by atoms with Crippen molar-refractivity contribution < 1.29 is 69.3 Å². The zero-order valence-corrected chi connectivity index (χ0v) is 10.4. The Morgan fingerprint density at radius 2 is 2.14 bits per heavy atom. The van der Waals surface area contributed by atoms with Crippen LogP contribution in [0.1, 0.15) is 0 Å². The molecule has 0 atom stereocenters. The molecule has 1 aromatic heterocycles. The van der Waals surface area contributed by atoms with E-state index in [1.165, 1.54) is 0 Å². The molecule has 0 bridgehead atoms. The summed E-state index contributed by atoms with van der Waals surface area (Å²) in [6, 6.07) is 0. The number of rotatable bonds is 3. The molecule has 0 unspecified atom stereocenters. The van der Waals surface area contributed by atoms with Crippen LogP contribution in [0.25, 0.3) is 0 Å². The third-order valence-corrected chi connectivity index (χ3v) is 1.22. The maximum absolute atomic E-state index is 11.8. The molecule has 0 aliphatic carbocycles. The van der Waals surface area contributed by atoms with Gasteiger partial charge in [0.1, 0.15) is 6.20 Å². The molecule has 1 heterocycles. The van der Waals surface area contributed by atoms with Gasteiger partial charge in [-0.05, 0) is 0 Å². The minimum Gasteiger partial charge on any atom is -0.448 e. The van der Waals surface area contributed by atoms with Crippen molar-refractivity contribution in [3.05, 3.63) is 22.5 Å². The number of nitrogens with zero attached hydrogens (tertiary/aromatic N) is 3. The summed E-state index contributed by atoms with van der Waals surface area (Å²) in [6.45, 7) is -5.01. The largest absolute Gasteiger partial charge is 1.00 e. The van der Waals surface area contributed by atoms with Crippen LogP contribution in [-0.4, -0.2) is 21.7 Å². The Balaban J connectivity index is 0.00000169. The molecule has 0 amide bonds. The topological polar surface area (TPSA) is 61.0 Å². The molecule has 10 heteroatoms. The Morgan fingerprint density at radius 1 is 1.57 bits per heavy atom. The molecule has 0 N–H and O–H groups in total. The first kappa shape index (κ1) is 14.1. The second-order valence-electron chi connectivity index (χ2n) is 2.39. The molecule has 0 saturated carbocycles. The number of nitro groups is 1. The van der Waals surface area contributed by atoms with Crippen molar-refractivity contribution in [2.75, 3.05) is 0 Å². The van der Waals surface area contributed by atoms with Crippen molar-refractivity contribution in [1.29, 1.82) is 0 Å². The van der Waals surface area contributed by atoms with E-state index in [4.69, 9.17) is 0 Å². The van der Waals surface area contributed by atoms with E-state index in [9.17, 15) is 23.1 Å². The Kier molecular flexibility index (Phi) is 5.30. The van der Waals surface area contributed by atoms with Crippen LogP contribution >= 0.6 is 0 Å². The van der Waals surface area contributed by atoms with Gasteiger partial charge < -0.3 is 12.9 Å². The minimum absolute atomic E-state index is 0. The molecule has 0 radical (unpaired) electrons. The summed E-state index contributed by atoms with van der Waals surface area (Å²) in [5, 5.41) is 13.2. The van der Waals surface area contributed by atoms with E-state index in [0.29, 0.717) is 4.68 Å². The summed E-state index contributed by atoms with van der Waals surface area (Å²) in [5.41, 5.74) is -0.444. The second kappa shape index (κ2) is 5.26. The van der Waals surface area contributed by atoms with E-state index < -0.39 is 24.0 Å². The van der Waals surface area contributed by atoms with E-state index in [2.05, 4.69) is 5.10 Å². The zero-order chi connectivity index (χ0) is 10.1. The maximum atomic E-state index is 11.8. The smallest absolute Gasteiger partial charge is 0.448 e. The van der Waals surface area contributed by atoms with Crippen LogP contribution in [0, 0.1) is 10.1 Å². The summed E-state index contributed by atoms with van der Waals surface area (Å²) in [5.74, 6) is 0. The van der Waals surface area contributed by atoms with Gasteiger partial charge in [-0.2, -0.15) is 5.10 Å². The monoisotopic (exact) mass is 233 g/mol. The predicted molar refractivity (Wildman–Crippen MR) is 38.0 cm³/mol. The van der Waals surface area contributed by atoms with Crippen molar-refractivity contribution in [2.24, 2.45) is 0 Å². The summed E-state index contributed by atoms with van der Waals surface area (Å²) < 4.78 is 35.8. The third-order valence-electron chi connectivity index (χ3n) is 1.22. The maximum Gasteiger partial charge on any atom is 1.00 e. The van der Waals surface area contributed by atoms with E-state index >= 15 is 0 Å². The van der Waals surface area contributed by atoms with Crippen LogP contribution < -0.4 is 51.4 Å². The van der Waals surface area contributed by atoms with Gasteiger partial charge >= 0.3 is 64.0 Å². The molecule has 0 aliphatic rings. The molecular formula is C4H4BF3KN3O2. The molecule has 0 fully saturated rings. The first-order chi connectivity index (χ1) is 5.88. The average Bonchev–Trinajstić information content (AvgIpc) is 2.31. The third kappa shape index (κ3) is 4.55. The van der Waals surface area contributed by atoms with E-state index in [1.54, 1.807) is 0 Å².